The Morgan fingerprint density at radius 2 is 1.26 bits per heavy atom. The standard InChI is InChI=1S/C24H48N10O5/c1-5-14(4)18(22(38)39)34-21(37)17(12-13(2)3)33-20(36)16(9-7-11-31-24(28)29)32-19(35)15(25)8-6-10-30-23(26)27/h13-18H,5-12,25H2,1-4H3,(H,32,35)(H,33,36)(H,34,37)(H,38,39)(H4,26,27,30)(H4,28,29,31). The van der Waals surface area contributed by atoms with Crippen LogP contribution in [-0.2, 0) is 19.2 Å². The zero-order chi connectivity index (χ0) is 30.1. The lowest BCUT2D eigenvalue weighted by Gasteiger charge is -2.27. The SMILES string of the molecule is CCC(C)C(NC(=O)C(CC(C)C)NC(=O)C(CCCN=C(N)N)NC(=O)C(N)CCCN=C(N)N)C(=O)O. The third kappa shape index (κ3) is 15.4. The van der Waals surface area contributed by atoms with Crippen LogP contribution in [0.15, 0.2) is 9.98 Å². The van der Waals surface area contributed by atoms with Crippen LogP contribution >= 0.6 is 0 Å². The van der Waals surface area contributed by atoms with Gasteiger partial charge in [-0.25, -0.2) is 4.79 Å². The maximum Gasteiger partial charge on any atom is 0.326 e. The largest absolute Gasteiger partial charge is 0.480 e. The molecule has 0 aliphatic heterocycles. The molecule has 0 aromatic carbocycles. The van der Waals surface area contributed by atoms with Crippen molar-refractivity contribution in [3.8, 4) is 0 Å². The van der Waals surface area contributed by atoms with Crippen molar-refractivity contribution in [1.29, 1.82) is 0 Å². The highest BCUT2D eigenvalue weighted by Crippen LogP contribution is 2.11. The summed E-state index contributed by atoms with van der Waals surface area (Å²) < 4.78 is 0. The monoisotopic (exact) mass is 556 g/mol. The van der Waals surface area contributed by atoms with Gasteiger partial charge in [0, 0.05) is 13.1 Å². The van der Waals surface area contributed by atoms with Crippen molar-refractivity contribution in [2.45, 2.75) is 90.4 Å². The van der Waals surface area contributed by atoms with Gasteiger partial charge in [0.25, 0.3) is 0 Å². The first-order valence-corrected chi connectivity index (χ1v) is 13.2. The van der Waals surface area contributed by atoms with Gasteiger partial charge in [0.1, 0.15) is 18.1 Å². The van der Waals surface area contributed by atoms with Crippen LogP contribution in [0.2, 0.25) is 0 Å². The zero-order valence-corrected chi connectivity index (χ0v) is 23.5. The Kier molecular flexibility index (Phi) is 16.9. The average Bonchev–Trinajstić information content (AvgIpc) is 2.84. The van der Waals surface area contributed by atoms with Gasteiger partial charge in [0.15, 0.2) is 11.9 Å². The molecule has 15 nitrogen and oxygen atoms in total. The first kappa shape index (κ1) is 35.4. The minimum absolute atomic E-state index is 0.00136. The summed E-state index contributed by atoms with van der Waals surface area (Å²) in [7, 11) is 0. The van der Waals surface area contributed by atoms with E-state index >= 15 is 0 Å². The van der Waals surface area contributed by atoms with Crippen molar-refractivity contribution in [3.63, 3.8) is 0 Å². The summed E-state index contributed by atoms with van der Waals surface area (Å²) >= 11 is 0. The maximum atomic E-state index is 13.3. The molecule has 0 spiro atoms. The Morgan fingerprint density at radius 3 is 1.72 bits per heavy atom. The Balaban J connectivity index is 5.61. The van der Waals surface area contributed by atoms with Crippen molar-refractivity contribution in [1.82, 2.24) is 16.0 Å². The minimum atomic E-state index is -1.16. The van der Waals surface area contributed by atoms with E-state index in [0.717, 1.165) is 0 Å². The van der Waals surface area contributed by atoms with Gasteiger partial charge >= 0.3 is 5.97 Å². The second kappa shape index (κ2) is 18.6. The van der Waals surface area contributed by atoms with Gasteiger partial charge in [-0.2, -0.15) is 0 Å². The number of carboxylic acids is 1. The Bertz CT molecular complexity index is 856. The Labute approximate surface area is 230 Å². The summed E-state index contributed by atoms with van der Waals surface area (Å²) in [5.74, 6) is -3.45. The average molecular weight is 557 g/mol. The van der Waals surface area contributed by atoms with Gasteiger partial charge in [-0.1, -0.05) is 34.1 Å². The van der Waals surface area contributed by atoms with E-state index in [0.29, 0.717) is 25.8 Å². The number of rotatable bonds is 19. The maximum absolute atomic E-state index is 13.3. The van der Waals surface area contributed by atoms with Crippen LogP contribution < -0.4 is 44.6 Å². The number of aliphatic imine (C=N–C) groups is 2. The minimum Gasteiger partial charge on any atom is -0.480 e. The molecule has 15 heteroatoms. The molecule has 0 saturated carbocycles. The number of nitrogens with two attached hydrogens (primary N) is 5. The zero-order valence-electron chi connectivity index (χ0n) is 23.5. The number of aliphatic carboxylic acids is 1. The molecule has 5 unspecified atom stereocenters. The van der Waals surface area contributed by atoms with E-state index in [4.69, 9.17) is 28.7 Å². The first-order chi connectivity index (χ1) is 18.2. The number of amides is 3. The number of hydrogen-bond donors (Lipinski definition) is 9. The predicted octanol–water partition coefficient (Wildman–Crippen LogP) is -1.95. The van der Waals surface area contributed by atoms with Crippen LogP contribution in [0, 0.1) is 11.8 Å². The van der Waals surface area contributed by atoms with Crippen LogP contribution in [0.5, 0.6) is 0 Å². The van der Waals surface area contributed by atoms with Crippen LogP contribution in [0.25, 0.3) is 0 Å². The van der Waals surface area contributed by atoms with E-state index in [1.54, 1.807) is 6.92 Å². The first-order valence-electron chi connectivity index (χ1n) is 13.2. The molecule has 224 valence electrons. The lowest BCUT2D eigenvalue weighted by atomic mass is 9.97. The molecule has 0 aliphatic carbocycles. The van der Waals surface area contributed by atoms with Gasteiger partial charge in [-0.15, -0.1) is 0 Å². The Hall–Kier alpha value is -3.62. The highest BCUT2D eigenvalue weighted by atomic mass is 16.4. The fourth-order valence-electron chi connectivity index (χ4n) is 3.61. The molecule has 3 amide bonds. The molecule has 14 N–H and O–H groups in total. The molecule has 0 fully saturated rings. The summed E-state index contributed by atoms with van der Waals surface area (Å²) in [5, 5.41) is 17.4. The normalized spacial score (nSPS) is 14.7. The molecule has 39 heavy (non-hydrogen) atoms. The van der Waals surface area contributed by atoms with E-state index in [1.807, 2.05) is 20.8 Å². The number of carboxylic acid groups (broad SMARTS) is 1. The topological polar surface area (TPSA) is 279 Å². The van der Waals surface area contributed by atoms with E-state index < -0.39 is 47.9 Å². The molecule has 0 aliphatic rings. The highest BCUT2D eigenvalue weighted by molar-refractivity contribution is 5.94. The van der Waals surface area contributed by atoms with E-state index in [1.165, 1.54) is 0 Å². The third-order valence-corrected chi connectivity index (χ3v) is 6.00. The molecule has 0 radical (unpaired) electrons. The van der Waals surface area contributed by atoms with Crippen molar-refractivity contribution >= 4 is 35.6 Å². The Morgan fingerprint density at radius 1 is 0.769 bits per heavy atom. The molecule has 0 bridgehead atoms. The molecule has 0 heterocycles. The number of hydrogen-bond acceptors (Lipinski definition) is 7. The number of carbonyl (C=O) groups is 4. The van der Waals surface area contributed by atoms with Crippen molar-refractivity contribution in [2.24, 2.45) is 50.5 Å². The lowest BCUT2D eigenvalue weighted by Crippen LogP contribution is -2.58. The lowest BCUT2D eigenvalue weighted by molar-refractivity contribution is -0.144. The fourth-order valence-corrected chi connectivity index (χ4v) is 3.61. The van der Waals surface area contributed by atoms with Crippen LogP contribution in [0.3, 0.4) is 0 Å². The van der Waals surface area contributed by atoms with Crippen molar-refractivity contribution in [3.05, 3.63) is 0 Å². The summed E-state index contributed by atoms with van der Waals surface area (Å²) in [6.45, 7) is 7.79. The smallest absolute Gasteiger partial charge is 0.326 e. The molecule has 0 saturated heterocycles. The number of nitrogens with zero attached hydrogens (tertiary/aromatic N) is 2. The van der Waals surface area contributed by atoms with E-state index in [-0.39, 0.29) is 49.6 Å². The summed E-state index contributed by atoms with van der Waals surface area (Å²) in [5.41, 5.74) is 27.3. The second-order valence-electron chi connectivity index (χ2n) is 9.97. The highest BCUT2D eigenvalue weighted by Gasteiger charge is 2.32. The van der Waals surface area contributed by atoms with E-state index in [2.05, 4.69) is 25.9 Å². The van der Waals surface area contributed by atoms with Crippen LogP contribution in [0.1, 0.15) is 66.2 Å². The summed E-state index contributed by atoms with van der Waals surface area (Å²) in [6, 6.07) is -4.09. The molecular weight excluding hydrogens is 508 g/mol. The second-order valence-corrected chi connectivity index (χ2v) is 9.97. The van der Waals surface area contributed by atoms with Crippen LogP contribution in [0.4, 0.5) is 0 Å². The molecule has 0 rings (SSSR count). The number of guanidine groups is 2. The molecular formula is C24H48N10O5. The molecule has 0 aromatic heterocycles. The van der Waals surface area contributed by atoms with Gasteiger partial charge in [-0.3, -0.25) is 24.4 Å². The summed E-state index contributed by atoms with van der Waals surface area (Å²) in [6.07, 6.45) is 2.03. The van der Waals surface area contributed by atoms with Crippen molar-refractivity contribution in [2.75, 3.05) is 13.1 Å². The van der Waals surface area contributed by atoms with Gasteiger partial charge < -0.3 is 49.7 Å². The fraction of sp³-hybridized carbons (Fsp3) is 0.750. The summed E-state index contributed by atoms with van der Waals surface area (Å²) in [4.78, 5) is 58.5. The van der Waals surface area contributed by atoms with Gasteiger partial charge in [-0.05, 0) is 43.9 Å². The van der Waals surface area contributed by atoms with Gasteiger partial charge in [0.05, 0.1) is 6.04 Å². The van der Waals surface area contributed by atoms with E-state index in [9.17, 15) is 24.3 Å². The predicted molar refractivity (Wildman–Crippen MR) is 150 cm³/mol. The third-order valence-electron chi connectivity index (χ3n) is 6.00. The van der Waals surface area contributed by atoms with Crippen LogP contribution in [-0.4, -0.2) is 78.0 Å². The molecule has 5 atom stereocenters. The number of carbonyl (C=O) groups excluding carboxylic acids is 3. The quantitative estimate of drug-likeness (QED) is 0.0481. The van der Waals surface area contributed by atoms with Crippen molar-refractivity contribution < 1.29 is 24.3 Å². The number of nitrogens with one attached hydrogen (secondary N) is 3. The van der Waals surface area contributed by atoms with Gasteiger partial charge in [0.2, 0.25) is 17.7 Å². The molecule has 0 aromatic rings.